The molecule has 22 heteroatoms. The van der Waals surface area contributed by atoms with Gasteiger partial charge in [-0.1, -0.05) is 15.5 Å². The van der Waals surface area contributed by atoms with E-state index in [1.165, 1.54) is 45.6 Å². The molecule has 0 aliphatic rings. The van der Waals surface area contributed by atoms with Crippen molar-refractivity contribution in [1.82, 2.24) is 54.1 Å². The molecule has 11 aromatic heterocycles. The smallest absolute Gasteiger partial charge is 0.190 e. The van der Waals surface area contributed by atoms with Gasteiger partial charge >= 0.3 is 0 Å². The molecule has 0 N–H and O–H groups in total. The number of aryl methyl sites for hydroxylation is 11. The summed E-state index contributed by atoms with van der Waals surface area (Å²) in [4.78, 5) is 25.4. The number of nitrogens with zero attached hydrogens (tertiary/aromatic N) is 11. The van der Waals surface area contributed by atoms with Crippen molar-refractivity contribution in [1.29, 1.82) is 0 Å². The first-order valence-electron chi connectivity index (χ1n) is 19.3. The van der Waals surface area contributed by atoms with Gasteiger partial charge in [0, 0.05) is 74.8 Å². The molecule has 0 saturated carbocycles. The average molecular weight is 994 g/mol. The van der Waals surface area contributed by atoms with Gasteiger partial charge in [-0.2, -0.15) is 4.37 Å². The Morgan fingerprint density at radius 3 is 1.55 bits per heavy atom. The Morgan fingerprint density at radius 1 is 0.545 bits per heavy atom. The zero-order chi connectivity index (χ0) is 48.5. The van der Waals surface area contributed by atoms with Crippen molar-refractivity contribution in [3.05, 3.63) is 193 Å². The maximum Gasteiger partial charge on any atom is 0.190 e. The fourth-order valence-corrected chi connectivity index (χ4v) is 5.41. The Bertz CT molecular complexity index is 1850. The molecule has 0 spiro atoms. The minimum Gasteiger partial charge on any atom is -0.452 e. The highest BCUT2D eigenvalue weighted by molar-refractivity contribution is 7.09. The van der Waals surface area contributed by atoms with Crippen LogP contribution in [0, 0.1) is 76.2 Å². The molecule has 17 nitrogen and oxygen atoms in total. The molecule has 66 heavy (non-hydrogen) atoms. The maximum absolute atomic E-state index is 4.72. The van der Waals surface area contributed by atoms with E-state index in [2.05, 4.69) is 72.1 Å². The predicted molar refractivity (Wildman–Crippen MR) is 262 cm³/mol. The van der Waals surface area contributed by atoms with Crippen molar-refractivity contribution in [2.75, 3.05) is 0 Å². The molecule has 0 aromatic carbocycles. The molecule has 0 fully saturated rings. The van der Waals surface area contributed by atoms with Crippen molar-refractivity contribution < 1.29 is 26.8 Å². The summed E-state index contributed by atoms with van der Waals surface area (Å²) < 4.78 is 35.4. The molecule has 0 unspecified atom stereocenters. The fraction of sp³-hybridized carbons (Fsp3) is 0.250. The fourth-order valence-electron chi connectivity index (χ4n) is 3.06. The van der Waals surface area contributed by atoms with Gasteiger partial charge in [-0.3, -0.25) is 15.0 Å². The summed E-state index contributed by atoms with van der Waals surface area (Å²) in [6.45, 7) is 21.2. The number of hydrogen-bond donors (Lipinski definition) is 0. The van der Waals surface area contributed by atoms with E-state index in [0.29, 0.717) is 0 Å². The highest BCUT2D eigenvalue weighted by atomic mass is 32.1. The molecule has 0 aliphatic heterocycles. The molecule has 0 aliphatic carbocycles. The van der Waals surface area contributed by atoms with E-state index in [1.54, 1.807) is 115 Å². The largest absolute Gasteiger partial charge is 0.452 e. The van der Waals surface area contributed by atoms with Crippen LogP contribution in [0.15, 0.2) is 159 Å². The second kappa shape index (κ2) is 38.8. The zero-order valence-electron chi connectivity index (χ0n) is 38.6. The molecule has 0 saturated heterocycles. The van der Waals surface area contributed by atoms with E-state index >= 15 is 0 Å². The molecule has 352 valence electrons. The third-order valence-electron chi connectivity index (χ3n) is 6.16. The van der Waals surface area contributed by atoms with Crippen molar-refractivity contribution in [3.63, 3.8) is 0 Å². The van der Waals surface area contributed by atoms with Gasteiger partial charge in [0.05, 0.1) is 57.9 Å². The van der Waals surface area contributed by atoms with Crippen LogP contribution in [-0.2, 0) is 0 Å². The molecular weight excluding hydrogens is 939 g/mol. The lowest BCUT2D eigenvalue weighted by molar-refractivity contribution is 0.397. The Balaban J connectivity index is 0.000000363. The van der Waals surface area contributed by atoms with Crippen LogP contribution in [0.25, 0.3) is 0 Å². The van der Waals surface area contributed by atoms with E-state index in [0.717, 1.165) is 50.8 Å². The lowest BCUT2D eigenvalue weighted by Gasteiger charge is -1.67. The van der Waals surface area contributed by atoms with Crippen LogP contribution in [0.4, 0.5) is 0 Å². The molecule has 11 aromatic rings. The number of oxazole rings is 3. The van der Waals surface area contributed by atoms with E-state index in [9.17, 15) is 0 Å². The first kappa shape index (κ1) is 57.4. The van der Waals surface area contributed by atoms with Gasteiger partial charge in [0.1, 0.15) is 36.6 Å². The standard InChI is InChI=1S/6C4H5NO.5C4H5NS/c1-4-2-6-3-5-4;1-4-2-5-3-6-4;1-4-2-5-6-3-4;1-4-5-2-3-6-4;1-4-2-3-6-5-4;1-4-2-3-5-6-4;1-4-2-6-3-5-4;1-4-2-5-3-6-4;1-4-5-2-3-6-4;1-4-2-3-6-5-4;1-4-2-3-5-6-4/h11*2-3H,1H3. The maximum atomic E-state index is 4.72. The SMILES string of the molecule is Cc1ccno1.Cc1ccns1.Cc1ccon1.Cc1ccsn1.Cc1cnco1.Cc1cncs1.Cc1cnoc1.Cc1cocn1.Cc1cscn1.Cc1ncco1.Cc1nccs1. The first-order chi connectivity index (χ1) is 31.8. The van der Waals surface area contributed by atoms with Gasteiger partial charge in [-0.25, -0.2) is 19.3 Å². The second-order valence-corrected chi connectivity index (χ2v) is 16.9. The Morgan fingerprint density at radius 2 is 1.38 bits per heavy atom. The van der Waals surface area contributed by atoms with Gasteiger partial charge in [0.15, 0.2) is 18.7 Å². The van der Waals surface area contributed by atoms with E-state index in [4.69, 9.17) is 8.83 Å². The third kappa shape index (κ3) is 36.8. The van der Waals surface area contributed by atoms with Crippen LogP contribution in [0.3, 0.4) is 0 Å². The predicted octanol–water partition coefficient (Wildman–Crippen LogP) is 13.2. The molecule has 0 bridgehead atoms. The van der Waals surface area contributed by atoms with Crippen molar-refractivity contribution in [3.8, 4) is 0 Å². The van der Waals surface area contributed by atoms with Crippen LogP contribution in [0.5, 0.6) is 0 Å². The van der Waals surface area contributed by atoms with Gasteiger partial charge in [-0.05, 0) is 104 Å². The van der Waals surface area contributed by atoms with E-state index in [-0.39, 0.29) is 0 Å². The lowest BCUT2D eigenvalue weighted by atomic mass is 10.4. The van der Waals surface area contributed by atoms with E-state index in [1.807, 2.05) is 115 Å². The molecule has 0 atom stereocenters. The summed E-state index contributed by atoms with van der Waals surface area (Å²) in [5, 5.41) is 17.5. The molecule has 0 amide bonds. The van der Waals surface area contributed by atoms with E-state index < -0.39 is 0 Å². The average Bonchev–Trinajstić information content (AvgIpc) is 4.13. The summed E-state index contributed by atoms with van der Waals surface area (Å²) in [6.07, 6.45) is 21.2. The van der Waals surface area contributed by atoms with Crippen LogP contribution < -0.4 is 0 Å². The topological polar surface area (TPSA) is 221 Å². The quantitative estimate of drug-likeness (QED) is 0.138. The summed E-state index contributed by atoms with van der Waals surface area (Å²) in [5.41, 5.74) is 8.80. The molecule has 0 radical (unpaired) electrons. The van der Waals surface area contributed by atoms with Crippen molar-refractivity contribution in [2.45, 2.75) is 76.2 Å². The monoisotopic (exact) mass is 993 g/mol. The number of aromatic nitrogens is 11. The van der Waals surface area contributed by atoms with Crippen LogP contribution in [0.2, 0.25) is 0 Å². The number of thiazole rings is 3. The van der Waals surface area contributed by atoms with Gasteiger partial charge < -0.3 is 26.8 Å². The highest BCUT2D eigenvalue weighted by Crippen LogP contribution is 2.01. The highest BCUT2D eigenvalue weighted by Gasteiger charge is 1.82. The van der Waals surface area contributed by atoms with Crippen LogP contribution >= 0.6 is 57.1 Å². The second-order valence-electron chi connectivity index (χ2n) is 12.3. The van der Waals surface area contributed by atoms with Crippen LogP contribution in [0.1, 0.15) is 60.5 Å². The molecule has 11 heterocycles. The summed E-state index contributed by atoms with van der Waals surface area (Å²) in [6, 6.07) is 7.59. The third-order valence-corrected chi connectivity index (χ3v) is 9.57. The molecular formula is C44H55N11O6S5. The van der Waals surface area contributed by atoms with Crippen molar-refractivity contribution in [2.24, 2.45) is 0 Å². The van der Waals surface area contributed by atoms with Gasteiger partial charge in [0.25, 0.3) is 0 Å². The Kier molecular flexibility index (Phi) is 33.8. The Hall–Kier alpha value is -6.59. The minimum absolute atomic E-state index is 0.718. The first-order valence-corrected chi connectivity index (χ1v) is 23.6. The minimum atomic E-state index is 0.718. The van der Waals surface area contributed by atoms with Crippen molar-refractivity contribution >= 4 is 57.1 Å². The molecule has 11 rings (SSSR count). The van der Waals surface area contributed by atoms with Gasteiger partial charge in [0.2, 0.25) is 0 Å². The lowest BCUT2D eigenvalue weighted by Crippen LogP contribution is -1.59. The number of hydrogen-bond acceptors (Lipinski definition) is 22. The zero-order valence-corrected chi connectivity index (χ0v) is 42.7. The summed E-state index contributed by atoms with van der Waals surface area (Å²) in [5.74, 6) is 2.43. The summed E-state index contributed by atoms with van der Waals surface area (Å²) in [7, 11) is 0. The normalized spacial score (nSPS) is 8.83. The van der Waals surface area contributed by atoms with Gasteiger partial charge in [-0.15, -0.1) is 34.0 Å². The summed E-state index contributed by atoms with van der Waals surface area (Å²) >= 11 is 7.98. The Labute approximate surface area is 405 Å². The number of rotatable bonds is 0. The van der Waals surface area contributed by atoms with Crippen LogP contribution in [-0.4, -0.2) is 54.1 Å².